The Balaban J connectivity index is 2.30. The van der Waals surface area contributed by atoms with Crippen molar-refractivity contribution < 1.29 is 9.90 Å². The summed E-state index contributed by atoms with van der Waals surface area (Å²) >= 11 is 0. The van der Waals surface area contributed by atoms with E-state index in [2.05, 4.69) is 10.3 Å². The fourth-order valence-corrected chi connectivity index (χ4v) is 1.67. The molecule has 1 heterocycles. The van der Waals surface area contributed by atoms with Gasteiger partial charge in [0.2, 0.25) is 0 Å². The lowest BCUT2D eigenvalue weighted by Crippen LogP contribution is -2.31. The molecule has 1 aromatic rings. The van der Waals surface area contributed by atoms with Crippen LogP contribution in [0.25, 0.3) is 0 Å². The minimum absolute atomic E-state index is 0.0756. The van der Waals surface area contributed by atoms with E-state index in [0.29, 0.717) is 5.84 Å². The monoisotopic (exact) mass is 218 g/mol. The van der Waals surface area contributed by atoms with Crippen molar-refractivity contribution in [3.05, 3.63) is 29.8 Å². The zero-order valence-corrected chi connectivity index (χ0v) is 9.27. The molecule has 2 rings (SSSR count). The van der Waals surface area contributed by atoms with Gasteiger partial charge >= 0.3 is 0 Å². The van der Waals surface area contributed by atoms with Gasteiger partial charge in [0.1, 0.15) is 17.6 Å². The quantitative estimate of drug-likeness (QED) is 0.785. The van der Waals surface area contributed by atoms with Crippen molar-refractivity contribution in [3.8, 4) is 5.75 Å². The summed E-state index contributed by atoms with van der Waals surface area (Å²) in [5.74, 6) is 0.810. The number of hydrogen-bond acceptors (Lipinski definition) is 3. The van der Waals surface area contributed by atoms with Crippen molar-refractivity contribution in [1.29, 1.82) is 0 Å². The van der Waals surface area contributed by atoms with E-state index in [1.807, 2.05) is 19.9 Å². The Morgan fingerprint density at radius 3 is 2.75 bits per heavy atom. The largest absolute Gasteiger partial charge is 0.508 e. The maximum Gasteiger partial charge on any atom is 0.250 e. The molecule has 16 heavy (non-hydrogen) atoms. The van der Waals surface area contributed by atoms with E-state index in [-0.39, 0.29) is 23.6 Å². The molecule has 1 aliphatic rings. The summed E-state index contributed by atoms with van der Waals surface area (Å²) in [4.78, 5) is 15.9. The first-order valence-electron chi connectivity index (χ1n) is 5.26. The second-order valence-corrected chi connectivity index (χ2v) is 4.21. The van der Waals surface area contributed by atoms with Gasteiger partial charge in [0.05, 0.1) is 0 Å². The molecule has 4 nitrogen and oxygen atoms in total. The number of nitrogens with one attached hydrogen (secondary N) is 1. The Labute approximate surface area is 94.0 Å². The van der Waals surface area contributed by atoms with Crippen LogP contribution in [0.3, 0.4) is 0 Å². The summed E-state index contributed by atoms with van der Waals surface area (Å²) in [6, 6.07) is 6.38. The van der Waals surface area contributed by atoms with Gasteiger partial charge in [-0.3, -0.25) is 9.79 Å². The molecule has 1 unspecified atom stereocenters. The zero-order chi connectivity index (χ0) is 11.7. The molecule has 84 valence electrons. The summed E-state index contributed by atoms with van der Waals surface area (Å²) in [6.45, 7) is 3.91. The van der Waals surface area contributed by atoms with E-state index in [9.17, 15) is 9.90 Å². The minimum atomic E-state index is -0.322. The van der Waals surface area contributed by atoms with Crippen molar-refractivity contribution in [2.45, 2.75) is 19.9 Å². The third-order valence-electron chi connectivity index (χ3n) is 2.53. The average molecular weight is 218 g/mol. The molecule has 0 spiro atoms. The number of hydrogen-bond donors (Lipinski definition) is 2. The van der Waals surface area contributed by atoms with E-state index in [0.717, 1.165) is 5.56 Å². The Kier molecular flexibility index (Phi) is 2.64. The lowest BCUT2D eigenvalue weighted by molar-refractivity contribution is -0.120. The van der Waals surface area contributed by atoms with Gasteiger partial charge in [-0.15, -0.1) is 0 Å². The second-order valence-electron chi connectivity index (χ2n) is 4.21. The number of amides is 1. The third-order valence-corrected chi connectivity index (χ3v) is 2.53. The number of nitrogens with zero attached hydrogens (tertiary/aromatic N) is 1. The second kappa shape index (κ2) is 3.96. The van der Waals surface area contributed by atoms with Crippen molar-refractivity contribution in [3.63, 3.8) is 0 Å². The molecule has 2 N–H and O–H groups in total. The number of aliphatic imine (C=N–C) groups is 1. The molecule has 0 aliphatic carbocycles. The molecule has 1 aromatic carbocycles. The van der Waals surface area contributed by atoms with Gasteiger partial charge in [-0.1, -0.05) is 26.0 Å². The van der Waals surface area contributed by atoms with Crippen molar-refractivity contribution >= 4 is 11.7 Å². The van der Waals surface area contributed by atoms with E-state index >= 15 is 0 Å². The molecule has 1 atom stereocenters. The van der Waals surface area contributed by atoms with E-state index in [1.54, 1.807) is 18.2 Å². The summed E-state index contributed by atoms with van der Waals surface area (Å²) in [5, 5.41) is 12.1. The predicted octanol–water partition coefficient (Wildman–Crippen LogP) is 1.29. The van der Waals surface area contributed by atoms with Crippen LogP contribution in [0.2, 0.25) is 0 Å². The van der Waals surface area contributed by atoms with E-state index < -0.39 is 0 Å². The average Bonchev–Trinajstić information content (AvgIpc) is 2.60. The van der Waals surface area contributed by atoms with Gasteiger partial charge in [0.25, 0.3) is 5.91 Å². The molecule has 0 fully saturated rings. The number of rotatable bonds is 2. The molecule has 0 saturated carbocycles. The number of amidine groups is 1. The molecule has 1 amide bonds. The highest BCUT2D eigenvalue weighted by Gasteiger charge is 2.29. The number of aromatic hydroxyl groups is 1. The van der Waals surface area contributed by atoms with Gasteiger partial charge < -0.3 is 10.4 Å². The normalized spacial score (nSPS) is 19.8. The Morgan fingerprint density at radius 1 is 1.44 bits per heavy atom. The van der Waals surface area contributed by atoms with Crippen LogP contribution in [0.1, 0.15) is 19.4 Å². The van der Waals surface area contributed by atoms with Crippen molar-refractivity contribution in [1.82, 2.24) is 5.32 Å². The molecule has 0 bridgehead atoms. The van der Waals surface area contributed by atoms with Gasteiger partial charge in [-0.25, -0.2) is 0 Å². The SMILES string of the molecule is CC(C)C1N=C(c2cccc(O)c2)NC1=O. The fraction of sp³-hybridized carbons (Fsp3) is 0.333. The van der Waals surface area contributed by atoms with Gasteiger partial charge in [0.15, 0.2) is 0 Å². The standard InChI is InChI=1S/C12H14N2O2/c1-7(2)10-12(16)14-11(13-10)8-4-3-5-9(15)6-8/h3-7,10,15H,1-2H3,(H,13,14,16). The molecule has 4 heteroatoms. The number of carbonyl (C=O) groups is 1. The molecular formula is C12H14N2O2. The summed E-state index contributed by atoms with van der Waals surface area (Å²) in [6.07, 6.45) is 0. The smallest absolute Gasteiger partial charge is 0.250 e. The maximum atomic E-state index is 11.6. The van der Waals surface area contributed by atoms with Crippen LogP contribution in [-0.4, -0.2) is 22.9 Å². The summed E-state index contributed by atoms with van der Waals surface area (Å²) in [5.41, 5.74) is 0.733. The molecule has 0 aromatic heterocycles. The van der Waals surface area contributed by atoms with Gasteiger partial charge in [0, 0.05) is 5.56 Å². The summed E-state index contributed by atoms with van der Waals surface area (Å²) < 4.78 is 0. The third kappa shape index (κ3) is 1.91. The molecule has 0 saturated heterocycles. The maximum absolute atomic E-state index is 11.6. The number of benzene rings is 1. The van der Waals surface area contributed by atoms with Gasteiger partial charge in [-0.2, -0.15) is 0 Å². The highest BCUT2D eigenvalue weighted by Crippen LogP contribution is 2.17. The van der Waals surface area contributed by atoms with Crippen LogP contribution in [0.15, 0.2) is 29.3 Å². The number of phenols is 1. The lowest BCUT2D eigenvalue weighted by Gasteiger charge is -2.06. The summed E-state index contributed by atoms with van der Waals surface area (Å²) in [7, 11) is 0. The topological polar surface area (TPSA) is 61.7 Å². The highest BCUT2D eigenvalue weighted by molar-refractivity contribution is 6.13. The predicted molar refractivity (Wildman–Crippen MR) is 61.4 cm³/mol. The zero-order valence-electron chi connectivity index (χ0n) is 9.27. The van der Waals surface area contributed by atoms with Crippen LogP contribution in [-0.2, 0) is 4.79 Å². The Morgan fingerprint density at radius 2 is 2.19 bits per heavy atom. The van der Waals surface area contributed by atoms with Crippen LogP contribution < -0.4 is 5.32 Å². The molecular weight excluding hydrogens is 204 g/mol. The first kappa shape index (κ1) is 10.7. The van der Waals surface area contributed by atoms with Crippen LogP contribution in [0.5, 0.6) is 5.75 Å². The Hall–Kier alpha value is -1.84. The van der Waals surface area contributed by atoms with Crippen molar-refractivity contribution in [2.24, 2.45) is 10.9 Å². The first-order valence-corrected chi connectivity index (χ1v) is 5.26. The highest BCUT2D eigenvalue weighted by atomic mass is 16.3. The fourth-order valence-electron chi connectivity index (χ4n) is 1.67. The Bertz CT molecular complexity index is 452. The van der Waals surface area contributed by atoms with E-state index in [4.69, 9.17) is 0 Å². The van der Waals surface area contributed by atoms with Crippen LogP contribution in [0.4, 0.5) is 0 Å². The van der Waals surface area contributed by atoms with Crippen LogP contribution in [0, 0.1) is 5.92 Å². The minimum Gasteiger partial charge on any atom is -0.508 e. The number of carbonyl (C=O) groups excluding carboxylic acids is 1. The molecule has 1 aliphatic heterocycles. The van der Waals surface area contributed by atoms with E-state index in [1.165, 1.54) is 0 Å². The molecule has 0 radical (unpaired) electrons. The first-order chi connectivity index (χ1) is 7.58. The number of phenolic OH excluding ortho intramolecular Hbond substituents is 1. The van der Waals surface area contributed by atoms with Gasteiger partial charge in [-0.05, 0) is 18.1 Å². The van der Waals surface area contributed by atoms with Crippen LogP contribution >= 0.6 is 0 Å². The lowest BCUT2D eigenvalue weighted by atomic mass is 10.1. The van der Waals surface area contributed by atoms with Crippen molar-refractivity contribution in [2.75, 3.05) is 0 Å².